The molecule has 6 heteroatoms. The Morgan fingerprint density at radius 3 is 2.44 bits per heavy atom. The minimum Gasteiger partial charge on any atom is -0.312 e. The van der Waals surface area contributed by atoms with Gasteiger partial charge in [-0.25, -0.2) is 8.42 Å². The molecule has 18 heavy (non-hydrogen) atoms. The van der Waals surface area contributed by atoms with Crippen molar-refractivity contribution in [2.45, 2.75) is 23.6 Å². The first kappa shape index (κ1) is 13.3. The van der Waals surface area contributed by atoms with Crippen LogP contribution in [0.15, 0.2) is 24.3 Å². The average molecular weight is 285 g/mol. The molecule has 1 aromatic carbocycles. The summed E-state index contributed by atoms with van der Waals surface area (Å²) in [5.41, 5.74) is 5.32. The molecule has 2 rings (SSSR count). The molecule has 0 saturated heterocycles. The van der Waals surface area contributed by atoms with Gasteiger partial charge in [-0.1, -0.05) is 30.7 Å². The summed E-state index contributed by atoms with van der Waals surface area (Å²) in [6.07, 6.45) is 0. The van der Waals surface area contributed by atoms with Crippen LogP contribution in [-0.4, -0.2) is 25.0 Å². The normalized spacial score (nSPS) is 30.8. The van der Waals surface area contributed by atoms with Crippen molar-refractivity contribution in [1.29, 1.82) is 5.26 Å². The Hall–Kier alpha value is -1.09. The molecule has 0 heterocycles. The average Bonchev–Trinajstić information content (AvgIpc) is 2.98. The van der Waals surface area contributed by atoms with Gasteiger partial charge in [0.1, 0.15) is 10.8 Å². The van der Waals surface area contributed by atoms with Gasteiger partial charge in [0.15, 0.2) is 9.84 Å². The van der Waals surface area contributed by atoms with Crippen LogP contribution in [0.4, 0.5) is 0 Å². The Labute approximate surface area is 111 Å². The molecule has 0 bridgehead atoms. The van der Waals surface area contributed by atoms with E-state index in [1.165, 1.54) is 0 Å². The Morgan fingerprint density at radius 1 is 1.44 bits per heavy atom. The van der Waals surface area contributed by atoms with Crippen LogP contribution in [0.25, 0.3) is 0 Å². The monoisotopic (exact) mass is 284 g/mol. The van der Waals surface area contributed by atoms with E-state index in [1.807, 2.05) is 6.07 Å². The van der Waals surface area contributed by atoms with Gasteiger partial charge >= 0.3 is 0 Å². The van der Waals surface area contributed by atoms with Crippen LogP contribution in [0.5, 0.6) is 0 Å². The molecular formula is C12H13ClN2O2S. The quantitative estimate of drug-likeness (QED) is 0.911. The summed E-state index contributed by atoms with van der Waals surface area (Å²) >= 11 is 5.78. The highest BCUT2D eigenvalue weighted by molar-refractivity contribution is 7.92. The van der Waals surface area contributed by atoms with Crippen molar-refractivity contribution in [1.82, 2.24) is 0 Å². The molecule has 3 atom stereocenters. The van der Waals surface area contributed by atoms with Gasteiger partial charge < -0.3 is 5.73 Å². The predicted molar refractivity (Wildman–Crippen MR) is 70.0 cm³/mol. The maximum Gasteiger partial charge on any atom is 0.156 e. The lowest BCUT2D eigenvalue weighted by Gasteiger charge is -2.00. The van der Waals surface area contributed by atoms with Crippen molar-refractivity contribution >= 4 is 21.4 Å². The van der Waals surface area contributed by atoms with E-state index in [0.29, 0.717) is 5.02 Å². The zero-order chi connectivity index (χ0) is 13.6. The number of nitriles is 1. The summed E-state index contributed by atoms with van der Waals surface area (Å²) in [6.45, 7) is 1.56. The fraction of sp³-hybridized carbons (Fsp3) is 0.417. The first-order valence-electron chi connectivity index (χ1n) is 5.54. The van der Waals surface area contributed by atoms with E-state index >= 15 is 0 Å². The maximum absolute atomic E-state index is 11.9. The highest BCUT2D eigenvalue weighted by atomic mass is 35.5. The van der Waals surface area contributed by atoms with E-state index in [2.05, 4.69) is 0 Å². The third-order valence-corrected chi connectivity index (χ3v) is 5.88. The van der Waals surface area contributed by atoms with Crippen LogP contribution < -0.4 is 5.73 Å². The number of sulfone groups is 1. The number of nitrogens with zero attached hydrogens (tertiary/aromatic N) is 1. The lowest BCUT2D eigenvalue weighted by molar-refractivity contribution is 0.593. The molecule has 4 nitrogen and oxygen atoms in total. The minimum atomic E-state index is -3.33. The van der Waals surface area contributed by atoms with Gasteiger partial charge in [0.25, 0.3) is 0 Å². The van der Waals surface area contributed by atoms with Crippen LogP contribution in [0.1, 0.15) is 18.4 Å². The second kappa shape index (κ2) is 4.23. The molecule has 1 saturated carbocycles. The molecule has 0 aromatic heterocycles. The third kappa shape index (κ3) is 1.91. The Balaban J connectivity index is 2.41. The molecule has 2 N–H and O–H groups in total. The molecule has 0 unspecified atom stereocenters. The zero-order valence-electron chi connectivity index (χ0n) is 9.80. The Kier molecular flexibility index (Phi) is 3.14. The summed E-state index contributed by atoms with van der Waals surface area (Å²) in [5.74, 6) is -0.479. The molecule has 1 aliphatic carbocycles. The summed E-state index contributed by atoms with van der Waals surface area (Å²) in [7, 11) is -3.33. The molecule has 96 valence electrons. The Bertz CT molecular complexity index is 606. The first-order chi connectivity index (χ1) is 8.36. The van der Waals surface area contributed by atoms with Gasteiger partial charge in [-0.05, 0) is 17.7 Å². The van der Waals surface area contributed by atoms with Crippen LogP contribution in [-0.2, 0) is 9.84 Å². The summed E-state index contributed by atoms with van der Waals surface area (Å²) in [6, 6.07) is 8.71. The number of benzene rings is 1. The van der Waals surface area contributed by atoms with E-state index in [4.69, 9.17) is 22.6 Å². The first-order valence-corrected chi connectivity index (χ1v) is 7.63. The molecule has 0 radical (unpaired) electrons. The van der Waals surface area contributed by atoms with Crippen molar-refractivity contribution in [3.8, 4) is 6.07 Å². The highest BCUT2D eigenvalue weighted by Gasteiger charge is 2.69. The molecule has 1 aromatic rings. The van der Waals surface area contributed by atoms with Gasteiger partial charge in [-0.15, -0.1) is 0 Å². The SMILES string of the molecule is CCS(=O)(=O)[C@H]1[C@@H](c2ccc(Cl)cc2)[C@@]1(N)C#N. The van der Waals surface area contributed by atoms with Crippen molar-refractivity contribution in [3.05, 3.63) is 34.9 Å². The van der Waals surface area contributed by atoms with E-state index in [0.717, 1.165) is 5.56 Å². The number of rotatable bonds is 3. The predicted octanol–water partition coefficient (Wildman–Crippen LogP) is 1.46. The van der Waals surface area contributed by atoms with Gasteiger partial charge in [0.2, 0.25) is 0 Å². The molecule has 1 aliphatic rings. The molecule has 1 fully saturated rings. The second-order valence-corrected chi connectivity index (χ2v) is 7.29. The Morgan fingerprint density at radius 2 is 2.00 bits per heavy atom. The number of hydrogen-bond donors (Lipinski definition) is 1. The fourth-order valence-electron chi connectivity index (χ4n) is 2.31. The van der Waals surface area contributed by atoms with Gasteiger partial charge in [0.05, 0.1) is 6.07 Å². The largest absolute Gasteiger partial charge is 0.312 e. The standard InChI is InChI=1S/C12H13ClN2O2S/c1-2-18(16,17)11-10(12(11,15)7-14)8-3-5-9(13)6-4-8/h3-6,10-11H,2,15H2,1H3/t10-,11+,12+/m1/s1. The van der Waals surface area contributed by atoms with E-state index in [1.54, 1.807) is 31.2 Å². The van der Waals surface area contributed by atoms with Crippen molar-refractivity contribution in [3.63, 3.8) is 0 Å². The van der Waals surface area contributed by atoms with Gasteiger partial charge in [0, 0.05) is 16.7 Å². The highest BCUT2D eigenvalue weighted by Crippen LogP contribution is 2.53. The van der Waals surface area contributed by atoms with Crippen LogP contribution in [0.2, 0.25) is 5.02 Å². The molecular weight excluding hydrogens is 272 g/mol. The van der Waals surface area contributed by atoms with Gasteiger partial charge in [-0.3, -0.25) is 0 Å². The maximum atomic E-state index is 11.9. The summed E-state index contributed by atoms with van der Waals surface area (Å²) < 4.78 is 23.9. The lowest BCUT2D eigenvalue weighted by atomic mass is 10.1. The number of nitrogens with two attached hydrogens (primary N) is 1. The third-order valence-electron chi connectivity index (χ3n) is 3.39. The fourth-order valence-corrected chi connectivity index (χ4v) is 4.31. The molecule has 0 spiro atoms. The second-order valence-electron chi connectivity index (χ2n) is 4.45. The lowest BCUT2D eigenvalue weighted by Crippen LogP contribution is -2.29. The topological polar surface area (TPSA) is 83.9 Å². The van der Waals surface area contributed by atoms with Crippen LogP contribution in [0, 0.1) is 11.3 Å². The van der Waals surface area contributed by atoms with Crippen molar-refractivity contribution in [2.75, 3.05) is 5.75 Å². The van der Waals surface area contributed by atoms with Crippen LogP contribution in [0.3, 0.4) is 0 Å². The zero-order valence-corrected chi connectivity index (χ0v) is 11.4. The van der Waals surface area contributed by atoms with Crippen molar-refractivity contribution < 1.29 is 8.42 Å². The summed E-state index contributed by atoms with van der Waals surface area (Å²) in [4.78, 5) is 0. The minimum absolute atomic E-state index is 0.0115. The number of hydrogen-bond acceptors (Lipinski definition) is 4. The van der Waals surface area contributed by atoms with Crippen LogP contribution >= 0.6 is 11.6 Å². The molecule has 0 amide bonds. The van der Waals surface area contributed by atoms with Gasteiger partial charge in [-0.2, -0.15) is 5.26 Å². The smallest absolute Gasteiger partial charge is 0.156 e. The number of halogens is 1. The van der Waals surface area contributed by atoms with E-state index < -0.39 is 26.5 Å². The van der Waals surface area contributed by atoms with E-state index in [9.17, 15) is 8.42 Å². The van der Waals surface area contributed by atoms with E-state index in [-0.39, 0.29) is 5.75 Å². The molecule has 0 aliphatic heterocycles. The summed E-state index contributed by atoms with van der Waals surface area (Å²) in [5, 5.41) is 8.86. The van der Waals surface area contributed by atoms with Crippen molar-refractivity contribution in [2.24, 2.45) is 5.73 Å².